The molecule has 1 aromatic heterocycles. The second-order valence-corrected chi connectivity index (χ2v) is 3.72. The smallest absolute Gasteiger partial charge is 0.224 e. The Bertz CT molecular complexity index is 617. The van der Waals surface area contributed by atoms with Crippen LogP contribution in [0.1, 0.15) is 0 Å². The maximum Gasteiger partial charge on any atom is 0.224 e. The van der Waals surface area contributed by atoms with Gasteiger partial charge in [-0.3, -0.25) is 9.98 Å². The summed E-state index contributed by atoms with van der Waals surface area (Å²) in [5, 5.41) is 12.2. The van der Waals surface area contributed by atoms with Gasteiger partial charge in [-0.1, -0.05) is 6.07 Å². The van der Waals surface area contributed by atoms with Crippen molar-refractivity contribution in [3.05, 3.63) is 23.8 Å². The van der Waals surface area contributed by atoms with Crippen LogP contribution in [0.15, 0.2) is 18.2 Å². The summed E-state index contributed by atoms with van der Waals surface area (Å²) in [5.74, 6) is 1.68. The van der Waals surface area contributed by atoms with E-state index < -0.39 is 0 Å². The van der Waals surface area contributed by atoms with Crippen molar-refractivity contribution in [2.45, 2.75) is 6.54 Å². The van der Waals surface area contributed by atoms with E-state index in [9.17, 15) is 0 Å². The predicted molar refractivity (Wildman–Crippen MR) is 60.6 cm³/mol. The number of aromatic nitrogens is 2. The summed E-state index contributed by atoms with van der Waals surface area (Å²) in [6, 6.07) is 5.79. The number of para-hydroxylation sites is 1. The number of hydrogen-bond acceptors (Lipinski definition) is 4. The highest BCUT2D eigenvalue weighted by Crippen LogP contribution is 2.28. The first-order valence-corrected chi connectivity index (χ1v) is 5.17. The maximum atomic E-state index is 7.86. The molecule has 5 heteroatoms. The molecule has 1 aliphatic heterocycles. The molecule has 2 aromatic rings. The Morgan fingerprint density at radius 3 is 3.19 bits per heavy atom. The van der Waals surface area contributed by atoms with Crippen LogP contribution >= 0.6 is 0 Å². The molecule has 0 spiro atoms. The van der Waals surface area contributed by atoms with Crippen molar-refractivity contribution in [1.29, 1.82) is 5.41 Å². The summed E-state index contributed by atoms with van der Waals surface area (Å²) in [6.45, 7) is 1.65. The Balaban J connectivity index is 2.47. The van der Waals surface area contributed by atoms with Crippen LogP contribution in [0.25, 0.3) is 10.9 Å². The normalized spacial score (nSPS) is 13.6. The number of methoxy groups -OCH3 is 1. The number of rotatable bonds is 1. The fraction of sp³-hybridized carbons (Fsp3) is 0.273. The van der Waals surface area contributed by atoms with E-state index >= 15 is 0 Å². The van der Waals surface area contributed by atoms with Gasteiger partial charge >= 0.3 is 0 Å². The number of fused-ring (bicyclic) bond motifs is 3. The first kappa shape index (κ1) is 9.21. The minimum atomic E-state index is 0.275. The van der Waals surface area contributed by atoms with Gasteiger partial charge in [-0.2, -0.15) is 0 Å². The van der Waals surface area contributed by atoms with Gasteiger partial charge in [0.1, 0.15) is 17.1 Å². The number of anilines is 1. The van der Waals surface area contributed by atoms with Crippen molar-refractivity contribution in [2.75, 3.05) is 19.0 Å². The Morgan fingerprint density at radius 1 is 1.50 bits per heavy atom. The van der Waals surface area contributed by atoms with Crippen molar-refractivity contribution in [2.24, 2.45) is 0 Å². The summed E-state index contributed by atoms with van der Waals surface area (Å²) >= 11 is 0. The van der Waals surface area contributed by atoms with Crippen molar-refractivity contribution in [1.82, 2.24) is 9.55 Å². The maximum absolute atomic E-state index is 7.86. The molecule has 0 unspecified atom stereocenters. The standard InChI is InChI=1S/C11H12N4O/c1-16-8-4-2-3-7-9(8)14-11(12)15-6-5-13-10(7)15/h2-4,12-13H,5-6H2,1H3. The first-order valence-electron chi connectivity index (χ1n) is 5.17. The molecule has 3 rings (SSSR count). The van der Waals surface area contributed by atoms with Crippen LogP contribution in [0.4, 0.5) is 5.82 Å². The molecule has 0 atom stereocenters. The van der Waals surface area contributed by atoms with Crippen LogP contribution in [-0.4, -0.2) is 23.2 Å². The van der Waals surface area contributed by atoms with Crippen LogP contribution in [0.2, 0.25) is 0 Å². The van der Waals surface area contributed by atoms with Gasteiger partial charge in [0.25, 0.3) is 0 Å². The van der Waals surface area contributed by atoms with E-state index in [1.54, 1.807) is 7.11 Å². The minimum Gasteiger partial charge on any atom is -0.494 e. The highest BCUT2D eigenvalue weighted by Gasteiger charge is 2.16. The average Bonchev–Trinajstić information content (AvgIpc) is 2.78. The molecule has 0 fully saturated rings. The van der Waals surface area contributed by atoms with E-state index in [4.69, 9.17) is 10.1 Å². The zero-order chi connectivity index (χ0) is 11.1. The molecule has 0 saturated heterocycles. The summed E-state index contributed by atoms with van der Waals surface area (Å²) in [4.78, 5) is 4.28. The molecule has 1 aliphatic rings. The molecule has 0 saturated carbocycles. The van der Waals surface area contributed by atoms with Crippen LogP contribution < -0.4 is 15.7 Å². The van der Waals surface area contributed by atoms with Crippen LogP contribution in [0, 0.1) is 5.41 Å². The van der Waals surface area contributed by atoms with Gasteiger partial charge in [0.05, 0.1) is 7.11 Å². The summed E-state index contributed by atoms with van der Waals surface area (Å²) in [7, 11) is 1.62. The third-order valence-electron chi connectivity index (χ3n) is 2.85. The minimum absolute atomic E-state index is 0.275. The van der Waals surface area contributed by atoms with Crippen molar-refractivity contribution in [3.63, 3.8) is 0 Å². The Hall–Kier alpha value is -2.04. The molecular weight excluding hydrogens is 204 g/mol. The predicted octanol–water partition coefficient (Wildman–Crippen LogP) is 0.950. The second kappa shape index (κ2) is 3.23. The lowest BCUT2D eigenvalue weighted by Crippen LogP contribution is -2.21. The largest absolute Gasteiger partial charge is 0.494 e. The monoisotopic (exact) mass is 216 g/mol. The number of hydrogen-bond donors (Lipinski definition) is 2. The van der Waals surface area contributed by atoms with Gasteiger partial charge in [0, 0.05) is 18.5 Å². The molecule has 0 amide bonds. The van der Waals surface area contributed by atoms with E-state index in [1.807, 2.05) is 22.8 Å². The SMILES string of the molecule is COc1cccc2c3n(c(=N)nc12)CCN3. The van der Waals surface area contributed by atoms with Gasteiger partial charge in [-0.05, 0) is 12.1 Å². The van der Waals surface area contributed by atoms with Gasteiger partial charge in [0.2, 0.25) is 5.62 Å². The van der Waals surface area contributed by atoms with Crippen LogP contribution in [0.3, 0.4) is 0 Å². The summed E-state index contributed by atoms with van der Waals surface area (Å²) in [6.07, 6.45) is 0. The molecule has 16 heavy (non-hydrogen) atoms. The first-order chi connectivity index (χ1) is 7.81. The van der Waals surface area contributed by atoms with E-state index in [0.717, 1.165) is 29.8 Å². The fourth-order valence-electron chi connectivity index (χ4n) is 2.11. The molecule has 0 radical (unpaired) electrons. The zero-order valence-corrected chi connectivity index (χ0v) is 8.95. The van der Waals surface area contributed by atoms with E-state index in [-0.39, 0.29) is 5.62 Å². The van der Waals surface area contributed by atoms with Gasteiger partial charge < -0.3 is 10.1 Å². The highest BCUT2D eigenvalue weighted by atomic mass is 16.5. The van der Waals surface area contributed by atoms with E-state index in [2.05, 4.69) is 10.3 Å². The molecule has 82 valence electrons. The molecule has 0 aliphatic carbocycles. The molecule has 1 aromatic carbocycles. The third kappa shape index (κ3) is 1.11. The van der Waals surface area contributed by atoms with Crippen LogP contribution in [-0.2, 0) is 6.54 Å². The van der Waals surface area contributed by atoms with E-state index in [0.29, 0.717) is 5.75 Å². The van der Waals surface area contributed by atoms with Gasteiger partial charge in [0.15, 0.2) is 0 Å². The van der Waals surface area contributed by atoms with Crippen molar-refractivity contribution in [3.8, 4) is 5.75 Å². The quantitative estimate of drug-likeness (QED) is 0.746. The lowest BCUT2D eigenvalue weighted by atomic mass is 10.2. The molecule has 2 heterocycles. The molecule has 5 nitrogen and oxygen atoms in total. The Morgan fingerprint density at radius 2 is 2.38 bits per heavy atom. The Labute approximate surface area is 92.2 Å². The molecule has 2 N–H and O–H groups in total. The summed E-state index contributed by atoms with van der Waals surface area (Å²) in [5.41, 5.74) is 1.02. The highest BCUT2D eigenvalue weighted by molar-refractivity contribution is 5.93. The second-order valence-electron chi connectivity index (χ2n) is 3.72. The third-order valence-corrected chi connectivity index (χ3v) is 2.85. The van der Waals surface area contributed by atoms with Crippen molar-refractivity contribution < 1.29 is 4.74 Å². The Kier molecular flexibility index (Phi) is 1.86. The number of nitrogens with zero attached hydrogens (tertiary/aromatic N) is 2. The summed E-state index contributed by atoms with van der Waals surface area (Å²) < 4.78 is 7.14. The van der Waals surface area contributed by atoms with E-state index in [1.165, 1.54) is 0 Å². The average molecular weight is 216 g/mol. The fourth-order valence-corrected chi connectivity index (χ4v) is 2.11. The molecular formula is C11H12N4O. The number of ether oxygens (including phenoxy) is 1. The number of nitrogens with one attached hydrogen (secondary N) is 2. The van der Waals surface area contributed by atoms with Crippen molar-refractivity contribution >= 4 is 16.7 Å². The van der Waals surface area contributed by atoms with Gasteiger partial charge in [-0.15, -0.1) is 0 Å². The zero-order valence-electron chi connectivity index (χ0n) is 8.95. The number of benzene rings is 1. The lowest BCUT2D eigenvalue weighted by Gasteiger charge is -2.09. The van der Waals surface area contributed by atoms with Crippen LogP contribution in [0.5, 0.6) is 5.75 Å². The molecule has 0 bridgehead atoms. The lowest BCUT2D eigenvalue weighted by molar-refractivity contribution is 0.418. The van der Waals surface area contributed by atoms with Gasteiger partial charge in [-0.25, -0.2) is 4.98 Å². The topological polar surface area (TPSA) is 62.9 Å².